The lowest BCUT2D eigenvalue weighted by Crippen LogP contribution is -2.51. The van der Waals surface area contributed by atoms with Crippen LogP contribution in [0.1, 0.15) is 46.0 Å². The molecule has 0 radical (unpaired) electrons. The number of ether oxygens (including phenoxy) is 1. The van der Waals surface area contributed by atoms with E-state index in [4.69, 9.17) is 16.2 Å². The highest BCUT2D eigenvalue weighted by Gasteiger charge is 2.54. The second-order valence-electron chi connectivity index (χ2n) is 5.36. The Bertz CT molecular complexity index is 325. The Kier molecular flexibility index (Phi) is 4.56. The first-order valence-corrected chi connectivity index (χ1v) is 6.37. The average molecular weight is 257 g/mol. The second-order valence-corrected chi connectivity index (χ2v) is 5.36. The molecule has 1 saturated carbocycles. The normalized spacial score (nSPS) is 19.7. The molecule has 0 aliphatic heterocycles. The van der Waals surface area contributed by atoms with Crippen molar-refractivity contribution in [3.63, 3.8) is 0 Å². The summed E-state index contributed by atoms with van der Waals surface area (Å²) in [5, 5.41) is 2.74. The van der Waals surface area contributed by atoms with Gasteiger partial charge in [-0.1, -0.05) is 19.8 Å². The van der Waals surface area contributed by atoms with Crippen molar-refractivity contribution in [3.8, 4) is 0 Å². The summed E-state index contributed by atoms with van der Waals surface area (Å²) in [5.41, 5.74) is 9.54. The van der Waals surface area contributed by atoms with Crippen LogP contribution in [0.2, 0.25) is 0 Å². The van der Waals surface area contributed by atoms with Gasteiger partial charge in [0.25, 0.3) is 5.91 Å². The molecule has 0 unspecified atom stereocenters. The van der Waals surface area contributed by atoms with Gasteiger partial charge in [-0.25, -0.2) is 4.79 Å². The molecule has 0 heterocycles. The Morgan fingerprint density at radius 2 is 2.06 bits per heavy atom. The number of rotatable bonds is 7. The number of hydrogen-bond acceptors (Lipinski definition) is 4. The third-order valence-corrected chi connectivity index (χ3v) is 3.17. The molecule has 1 atom stereocenters. The Morgan fingerprint density at radius 1 is 1.44 bits per heavy atom. The lowest BCUT2D eigenvalue weighted by atomic mass is 9.96. The minimum absolute atomic E-state index is 0.297. The summed E-state index contributed by atoms with van der Waals surface area (Å²) < 4.78 is 4.84. The zero-order chi connectivity index (χ0) is 13.8. The van der Waals surface area contributed by atoms with Crippen molar-refractivity contribution >= 4 is 12.0 Å². The van der Waals surface area contributed by atoms with Crippen LogP contribution < -0.4 is 16.8 Å². The van der Waals surface area contributed by atoms with Crippen molar-refractivity contribution in [1.82, 2.24) is 5.32 Å². The molecule has 0 bridgehead atoms. The maximum absolute atomic E-state index is 11.9. The van der Waals surface area contributed by atoms with Gasteiger partial charge in [0.05, 0.1) is 0 Å². The molecule has 1 rings (SSSR count). The van der Waals surface area contributed by atoms with Crippen LogP contribution in [0.4, 0.5) is 4.79 Å². The van der Waals surface area contributed by atoms with Crippen LogP contribution in [0.15, 0.2) is 0 Å². The summed E-state index contributed by atoms with van der Waals surface area (Å²) in [7, 11) is 0. The molecule has 1 fully saturated rings. The smallest absolute Gasteiger partial charge is 0.405 e. The van der Waals surface area contributed by atoms with Gasteiger partial charge in [-0.15, -0.1) is 0 Å². The number of amides is 2. The van der Waals surface area contributed by atoms with E-state index >= 15 is 0 Å². The van der Waals surface area contributed by atoms with Gasteiger partial charge in [-0.3, -0.25) is 4.79 Å². The van der Waals surface area contributed by atoms with Gasteiger partial charge in [0.2, 0.25) is 0 Å². The number of nitrogens with two attached hydrogens (primary N) is 2. The van der Waals surface area contributed by atoms with Crippen molar-refractivity contribution in [2.75, 3.05) is 6.54 Å². The first-order valence-electron chi connectivity index (χ1n) is 6.37. The molecule has 6 heteroatoms. The van der Waals surface area contributed by atoms with Crippen LogP contribution in [0, 0.1) is 0 Å². The number of nitrogens with one attached hydrogen (secondary N) is 1. The van der Waals surface area contributed by atoms with Crippen LogP contribution in [0.3, 0.4) is 0 Å². The van der Waals surface area contributed by atoms with Gasteiger partial charge in [0.1, 0.15) is 0 Å². The van der Waals surface area contributed by atoms with Crippen molar-refractivity contribution in [2.24, 2.45) is 11.5 Å². The highest BCUT2D eigenvalue weighted by molar-refractivity contribution is 5.90. The van der Waals surface area contributed by atoms with Crippen LogP contribution in [0.25, 0.3) is 0 Å². The largest absolute Gasteiger partial charge is 0.433 e. The molecular formula is C12H23N3O3. The molecule has 0 aromatic carbocycles. The molecule has 18 heavy (non-hydrogen) atoms. The molecule has 5 N–H and O–H groups in total. The van der Waals surface area contributed by atoms with Gasteiger partial charge in [-0.05, 0) is 13.3 Å². The summed E-state index contributed by atoms with van der Waals surface area (Å²) in [6.45, 7) is 4.36. The predicted molar refractivity (Wildman–Crippen MR) is 67.8 cm³/mol. The molecule has 1 aliphatic carbocycles. The quantitative estimate of drug-likeness (QED) is 0.622. The maximum atomic E-state index is 11.9. The predicted octanol–water partition coefficient (Wildman–Crippen LogP) is 0.638. The molecule has 0 aromatic heterocycles. The Morgan fingerprint density at radius 3 is 2.50 bits per heavy atom. The van der Waals surface area contributed by atoms with E-state index in [0.29, 0.717) is 19.4 Å². The van der Waals surface area contributed by atoms with E-state index < -0.39 is 17.2 Å². The van der Waals surface area contributed by atoms with E-state index in [2.05, 4.69) is 12.2 Å². The average Bonchev–Trinajstić information content (AvgIpc) is 3.03. The van der Waals surface area contributed by atoms with E-state index in [1.54, 1.807) is 0 Å². The van der Waals surface area contributed by atoms with E-state index in [1.165, 1.54) is 0 Å². The number of primary amides is 1. The van der Waals surface area contributed by atoms with E-state index in [0.717, 1.165) is 19.3 Å². The van der Waals surface area contributed by atoms with E-state index in [9.17, 15) is 9.59 Å². The minimum Gasteiger partial charge on any atom is -0.433 e. The fourth-order valence-corrected chi connectivity index (χ4v) is 1.79. The summed E-state index contributed by atoms with van der Waals surface area (Å²) in [5.74, 6) is -0.297. The first kappa shape index (κ1) is 14.8. The number of carbonyl (C=O) groups excluding carboxylic acids is 2. The zero-order valence-corrected chi connectivity index (χ0v) is 11.1. The Labute approximate surface area is 107 Å². The lowest BCUT2D eigenvalue weighted by Gasteiger charge is -2.26. The first-order chi connectivity index (χ1) is 8.31. The number of hydrogen-bond donors (Lipinski definition) is 3. The van der Waals surface area contributed by atoms with Crippen molar-refractivity contribution in [1.29, 1.82) is 0 Å². The minimum atomic E-state index is -1.04. The van der Waals surface area contributed by atoms with Gasteiger partial charge in [-0.2, -0.15) is 0 Å². The maximum Gasteiger partial charge on any atom is 0.405 e. The second kappa shape index (κ2) is 5.56. The molecule has 1 aliphatic rings. The third-order valence-electron chi connectivity index (χ3n) is 3.17. The Hall–Kier alpha value is -1.30. The van der Waals surface area contributed by atoms with Crippen LogP contribution in [-0.2, 0) is 9.53 Å². The molecule has 0 spiro atoms. The van der Waals surface area contributed by atoms with Crippen molar-refractivity contribution in [3.05, 3.63) is 0 Å². The summed E-state index contributed by atoms with van der Waals surface area (Å²) >= 11 is 0. The van der Waals surface area contributed by atoms with Crippen molar-refractivity contribution < 1.29 is 14.3 Å². The summed E-state index contributed by atoms with van der Waals surface area (Å²) in [4.78, 5) is 22.6. The van der Waals surface area contributed by atoms with Gasteiger partial charge < -0.3 is 21.5 Å². The summed E-state index contributed by atoms with van der Waals surface area (Å²) in [6, 6.07) is 0. The molecule has 0 saturated heterocycles. The van der Waals surface area contributed by atoms with Gasteiger partial charge in [0.15, 0.2) is 5.60 Å². The number of unbranched alkanes of at least 4 members (excludes halogenated alkanes) is 1. The fourth-order valence-electron chi connectivity index (χ4n) is 1.79. The van der Waals surface area contributed by atoms with Gasteiger partial charge in [0, 0.05) is 24.9 Å². The zero-order valence-electron chi connectivity index (χ0n) is 11.1. The molecule has 104 valence electrons. The third kappa shape index (κ3) is 4.18. The standard InChI is InChI=1S/C12H23N3O3/c1-3-4-5-11(2,14)8-15-9(16)12(6-7-12)18-10(13)17/h3-8,14H2,1-2H3,(H2,13,17)(H,15,16)/t11-/m1/s1. The van der Waals surface area contributed by atoms with E-state index in [-0.39, 0.29) is 5.91 Å². The molecular weight excluding hydrogens is 234 g/mol. The summed E-state index contributed by atoms with van der Waals surface area (Å²) in [6.07, 6.45) is 3.06. The molecule has 2 amide bonds. The molecule has 0 aromatic rings. The highest BCUT2D eigenvalue weighted by Crippen LogP contribution is 2.39. The number of carbonyl (C=O) groups is 2. The van der Waals surface area contributed by atoms with E-state index in [1.807, 2.05) is 6.92 Å². The Balaban J connectivity index is 2.39. The SMILES string of the molecule is CCCC[C@@](C)(N)CNC(=O)C1(OC(N)=O)CC1. The van der Waals surface area contributed by atoms with Crippen LogP contribution in [-0.4, -0.2) is 29.7 Å². The molecule has 6 nitrogen and oxygen atoms in total. The van der Waals surface area contributed by atoms with Crippen LogP contribution in [0.5, 0.6) is 0 Å². The van der Waals surface area contributed by atoms with Gasteiger partial charge >= 0.3 is 6.09 Å². The topological polar surface area (TPSA) is 107 Å². The van der Waals surface area contributed by atoms with Crippen LogP contribution >= 0.6 is 0 Å². The monoisotopic (exact) mass is 257 g/mol. The highest BCUT2D eigenvalue weighted by atomic mass is 16.6. The lowest BCUT2D eigenvalue weighted by molar-refractivity contribution is -0.131. The fraction of sp³-hybridized carbons (Fsp3) is 0.833. The van der Waals surface area contributed by atoms with Crippen molar-refractivity contribution in [2.45, 2.75) is 57.1 Å².